The van der Waals surface area contributed by atoms with Crippen molar-refractivity contribution in [3.8, 4) is 0 Å². The third-order valence-electron chi connectivity index (χ3n) is 18.6. The van der Waals surface area contributed by atoms with Gasteiger partial charge >= 0.3 is 29.2 Å². The van der Waals surface area contributed by atoms with E-state index in [-0.39, 0.29) is 127 Å². The van der Waals surface area contributed by atoms with Crippen LogP contribution in [0.4, 0.5) is 56.0 Å². The van der Waals surface area contributed by atoms with Crippen LogP contribution in [0, 0.1) is 65.9 Å². The van der Waals surface area contributed by atoms with E-state index in [1.54, 1.807) is 48.5 Å². The van der Waals surface area contributed by atoms with E-state index in [9.17, 15) is 54.3 Å². The van der Waals surface area contributed by atoms with E-state index in [1.807, 2.05) is 65.8 Å². The van der Waals surface area contributed by atoms with Gasteiger partial charge in [0.25, 0.3) is 17.7 Å². The van der Waals surface area contributed by atoms with Crippen molar-refractivity contribution in [1.82, 2.24) is 56.5 Å². The van der Waals surface area contributed by atoms with E-state index >= 15 is 0 Å². The third kappa shape index (κ3) is 35.4. The Labute approximate surface area is 679 Å². The van der Waals surface area contributed by atoms with Gasteiger partial charge in [-0.05, 0) is 220 Å². The molecule has 18 N–H and O–H groups in total. The first kappa shape index (κ1) is 95.0. The number of hydrogen-bond acceptors (Lipinski definition) is 28. The van der Waals surface area contributed by atoms with Gasteiger partial charge in [-0.2, -0.15) is 15.0 Å². The maximum absolute atomic E-state index is 12.1. The molecule has 0 bridgehead atoms. The first-order chi connectivity index (χ1) is 54.4. The number of nitrogens with one attached hydrogen (secondary N) is 10. The molecule has 3 aromatic carbocycles. The molecule has 5 amide bonds. The Balaban J connectivity index is 0.000000286. The second kappa shape index (κ2) is 49.3. The lowest BCUT2D eigenvalue weighted by atomic mass is 9.82. The number of ether oxygens (including phenoxy) is 2. The summed E-state index contributed by atoms with van der Waals surface area (Å²) in [5.74, 6) is 2.73. The maximum Gasteiger partial charge on any atom is 0.407 e. The second-order valence-electron chi connectivity index (χ2n) is 29.8. The van der Waals surface area contributed by atoms with E-state index in [1.165, 1.54) is 12.4 Å². The highest BCUT2D eigenvalue weighted by Gasteiger charge is 2.29. The Bertz CT molecular complexity index is 4080. The number of benzene rings is 3. The number of aromatic nitrogens is 6. The summed E-state index contributed by atoms with van der Waals surface area (Å²) in [4.78, 5) is 116. The van der Waals surface area contributed by atoms with E-state index in [4.69, 9.17) is 42.1 Å². The van der Waals surface area contributed by atoms with Crippen molar-refractivity contribution in [2.45, 2.75) is 149 Å². The first-order valence-corrected chi connectivity index (χ1v) is 38.6. The fourth-order valence-electron chi connectivity index (χ4n) is 12.5. The standard InChI is InChI=1S/C27H39N7O6.C22H31N7O4.C17H26ClN5O4.C10H14N2O2.ClH/c1-27(2,3)40-26(37)32-15-19-9-7-18(8-10-19)14-29-23-22(34(38)39)17-31-25(33-23)30-16-20-5-4-6-21(13-20)24(36)28-11-12-35;23-11-15-4-6-16(7-5-15)12-25-20-19(29(32)33)14-27-22(28-20)26-13-17-2-1-3-18(10-17)21(31)24-8-9-30;1-17(2,3)27-16(24)21-9-12-6-4-11(5-7-12)8-19-14-13(23(25)26)10-20-15(18)22-14;11-7-8-2-1-3-9(6-8)10(14)12-4-5-13;/h4-6,13,17-19,35H,7-12,14-16H2,1-3H3,(H,28,36)(H,32,37)(H2,29,30,31,33);1-3,10,14-16,30H,4-9,11-13,23H2,(H,24,31)(H2,25,26,27,28);10-12H,4-9H2,1-3H3,(H,21,24)(H,19,20,22);1-3,6,13H,4-5,7,11H2,(H,12,14);1H. The number of quaternary nitrogens is 1. The number of carbonyl (C=O) groups excluding carboxylic acids is 5. The van der Waals surface area contributed by atoms with Gasteiger partial charge in [-0.3, -0.25) is 44.7 Å². The quantitative estimate of drug-likeness (QED) is 0.0141. The highest BCUT2D eigenvalue weighted by atomic mass is 35.5. The molecule has 39 heteroatoms. The lowest BCUT2D eigenvalue weighted by molar-refractivity contribution is -0.386. The summed E-state index contributed by atoms with van der Waals surface area (Å²) < 4.78 is 10.5. The molecule has 3 aliphatic rings. The van der Waals surface area contributed by atoms with Crippen LogP contribution in [0.15, 0.2) is 91.4 Å². The molecule has 9 rings (SSSR count). The molecular weight excluding hydrogens is 1530 g/mol. The van der Waals surface area contributed by atoms with Crippen LogP contribution in [-0.2, 0) is 29.1 Å². The first-order valence-electron chi connectivity index (χ1n) is 38.2. The number of alkyl carbamates (subject to hydrolysis) is 2. The van der Waals surface area contributed by atoms with E-state index in [0.29, 0.717) is 111 Å². The van der Waals surface area contributed by atoms with Gasteiger partial charge in [0, 0.05) is 87.7 Å². The second-order valence-corrected chi connectivity index (χ2v) is 30.1. The monoisotopic (exact) mass is 1640 g/mol. The molecule has 37 nitrogen and oxygen atoms in total. The van der Waals surface area contributed by atoms with Crippen molar-refractivity contribution >= 4 is 87.9 Å². The molecule has 3 saturated carbocycles. The highest BCUT2D eigenvalue weighted by Crippen LogP contribution is 2.34. The van der Waals surface area contributed by atoms with Crippen molar-refractivity contribution < 1.29 is 81.7 Å². The molecule has 3 aromatic heterocycles. The number of nitrogens with zero attached hydrogens (tertiary/aromatic N) is 9. The zero-order chi connectivity index (χ0) is 83.2. The number of aliphatic hydroxyl groups is 3. The van der Waals surface area contributed by atoms with Crippen LogP contribution in [-0.4, -0.2) is 180 Å². The molecule has 3 fully saturated rings. The summed E-state index contributed by atoms with van der Waals surface area (Å²) in [7, 11) is 0. The molecule has 0 unspecified atom stereocenters. The number of anilines is 5. The third-order valence-corrected chi connectivity index (χ3v) is 18.8. The van der Waals surface area contributed by atoms with Crippen LogP contribution >= 0.6 is 11.6 Å². The topological polar surface area (TPSA) is 545 Å². The van der Waals surface area contributed by atoms with Crippen LogP contribution in [0.25, 0.3) is 0 Å². The smallest absolute Gasteiger partial charge is 0.407 e. The summed E-state index contributed by atoms with van der Waals surface area (Å²) in [5, 5.41) is 89.2. The molecule has 630 valence electrons. The average Bonchev–Trinajstić information content (AvgIpc) is 0.841. The summed E-state index contributed by atoms with van der Waals surface area (Å²) in [6, 6.07) is 21.3. The Morgan fingerprint density at radius 2 is 0.774 bits per heavy atom. The van der Waals surface area contributed by atoms with Crippen LogP contribution in [0.5, 0.6) is 0 Å². The lowest BCUT2D eigenvalue weighted by Crippen LogP contribution is -3.00. The molecule has 115 heavy (non-hydrogen) atoms. The Kier molecular flexibility index (Phi) is 40.7. The minimum absolute atomic E-state index is 0. The fraction of sp³-hybridized carbons (Fsp3) is 0.539. The van der Waals surface area contributed by atoms with Crippen molar-refractivity contribution in [3.63, 3.8) is 0 Å². The molecule has 3 aliphatic carbocycles. The maximum atomic E-state index is 12.1. The van der Waals surface area contributed by atoms with Gasteiger partial charge in [0.15, 0.2) is 0 Å². The largest absolute Gasteiger partial charge is 1.00 e. The van der Waals surface area contributed by atoms with Crippen molar-refractivity contribution in [1.29, 1.82) is 0 Å². The van der Waals surface area contributed by atoms with Gasteiger partial charge in [-0.25, -0.2) is 24.5 Å². The van der Waals surface area contributed by atoms with Crippen LogP contribution in [0.3, 0.4) is 0 Å². The highest BCUT2D eigenvalue weighted by molar-refractivity contribution is 6.28. The summed E-state index contributed by atoms with van der Waals surface area (Å²) in [6.45, 7) is 16.2. The molecule has 0 radical (unpaired) electrons. The molecule has 0 saturated heterocycles. The Hall–Kier alpha value is -10.6. The van der Waals surface area contributed by atoms with Gasteiger partial charge in [-0.1, -0.05) is 36.4 Å². The zero-order valence-electron chi connectivity index (χ0n) is 65.9. The minimum atomic E-state index is -0.531. The number of nitrogens with two attached hydrogens (primary N) is 1. The molecule has 3 heterocycles. The van der Waals surface area contributed by atoms with Crippen molar-refractivity contribution in [3.05, 3.63) is 160 Å². The average molecular weight is 1650 g/mol. The van der Waals surface area contributed by atoms with E-state index in [2.05, 4.69) is 88.8 Å². The summed E-state index contributed by atoms with van der Waals surface area (Å²) in [6.07, 6.45) is 14.6. The predicted octanol–water partition coefficient (Wildman–Crippen LogP) is 5.29. The van der Waals surface area contributed by atoms with Crippen LogP contribution in [0.1, 0.15) is 166 Å². The number of amides is 5. The van der Waals surface area contributed by atoms with Gasteiger partial charge in [0.05, 0.1) is 41.1 Å². The van der Waals surface area contributed by atoms with E-state index in [0.717, 1.165) is 99.9 Å². The molecular formula is C76H111Cl2N21O16. The van der Waals surface area contributed by atoms with Crippen molar-refractivity contribution in [2.75, 3.05) is 105 Å². The van der Waals surface area contributed by atoms with Gasteiger partial charge < -0.3 is 102 Å². The summed E-state index contributed by atoms with van der Waals surface area (Å²) >= 11 is 5.73. The molecule has 0 spiro atoms. The van der Waals surface area contributed by atoms with Crippen LogP contribution < -0.4 is 77.0 Å². The minimum Gasteiger partial charge on any atom is -1.00 e. The number of nitro groups is 3. The SMILES string of the molecule is CC(C)(C)OC(=O)NCC1CCC(CNc2nc(Cl)ncc2[N+](=O)[O-])CC1.CC(C)(C)OC(=O)NCC1CCC(CNc2nc(NCc3cccc(C(=O)NCCO)c3)ncc2[N+](=O)[O-])CC1.NCC1CCC(CNc2nc(NCc3cccc(C(=O)NCCO)c3)ncc2[N+](=O)[O-])CC1.[Cl-].[NH3+]Cc1cccc(C(=O)NCCO)c1. The number of rotatable bonds is 33. The lowest BCUT2D eigenvalue weighted by Gasteiger charge is -2.29. The predicted molar refractivity (Wildman–Crippen MR) is 429 cm³/mol. The number of carbonyl (C=O) groups is 5. The Morgan fingerprint density at radius 1 is 0.470 bits per heavy atom. The van der Waals surface area contributed by atoms with Gasteiger partial charge in [0.1, 0.15) is 29.8 Å². The number of aliphatic hydroxyl groups excluding tert-OH is 3. The van der Waals surface area contributed by atoms with E-state index < -0.39 is 32.1 Å². The molecule has 6 aromatic rings. The van der Waals surface area contributed by atoms with Gasteiger partial charge in [-0.15, -0.1) is 0 Å². The number of halogens is 2. The van der Waals surface area contributed by atoms with Gasteiger partial charge in [0.2, 0.25) is 34.6 Å². The van der Waals surface area contributed by atoms with Crippen molar-refractivity contribution in [2.24, 2.45) is 41.2 Å². The molecule has 0 atom stereocenters. The summed E-state index contributed by atoms with van der Waals surface area (Å²) in [5.41, 5.74) is 12.1. The Morgan fingerprint density at radius 3 is 1.09 bits per heavy atom. The molecule has 0 aliphatic heterocycles. The zero-order valence-corrected chi connectivity index (χ0v) is 67.4. The number of hydrogen-bond donors (Lipinski definition) is 15. The normalized spacial score (nSPS) is 16.9. The van der Waals surface area contributed by atoms with Crippen LogP contribution in [0.2, 0.25) is 5.28 Å². The fourth-order valence-corrected chi connectivity index (χ4v) is 12.6.